The van der Waals surface area contributed by atoms with Crippen molar-refractivity contribution in [3.63, 3.8) is 0 Å². The average Bonchev–Trinajstić information content (AvgIpc) is 2.15. The van der Waals surface area contributed by atoms with Gasteiger partial charge in [-0.25, -0.2) is 0 Å². The summed E-state index contributed by atoms with van der Waals surface area (Å²) < 4.78 is 4.64. The Bertz CT molecular complexity index is 299. The maximum absolute atomic E-state index is 11.8. The molecule has 2 fully saturated rings. The largest absolute Gasteiger partial charge is 0.468 e. The van der Waals surface area contributed by atoms with Gasteiger partial charge in [0.1, 0.15) is 11.7 Å². The Morgan fingerprint density at radius 2 is 2.33 bits per heavy atom. The molecule has 2 aliphatic carbocycles. The number of ether oxygens (including phenoxy) is 1. The molecule has 0 aromatic rings. The molecule has 3 unspecified atom stereocenters. The lowest BCUT2D eigenvalue weighted by Gasteiger charge is -2.43. The summed E-state index contributed by atoms with van der Waals surface area (Å²) in [7, 11) is 1.30. The summed E-state index contributed by atoms with van der Waals surface area (Å²) in [6.45, 7) is 0. The first-order valence-corrected chi connectivity index (χ1v) is 5.39. The van der Waals surface area contributed by atoms with Crippen molar-refractivity contribution in [2.45, 2.75) is 37.7 Å². The molecule has 0 saturated heterocycles. The van der Waals surface area contributed by atoms with Gasteiger partial charge in [0.15, 0.2) is 0 Å². The molecule has 0 radical (unpaired) electrons. The molecule has 2 saturated carbocycles. The number of Topliss-reactive ketones (excluding diaryl/α,β-unsaturated/α-hetero) is 1. The highest BCUT2D eigenvalue weighted by atomic mass is 16.5. The highest BCUT2D eigenvalue weighted by molar-refractivity contribution is 6.00. The van der Waals surface area contributed by atoms with E-state index in [-0.39, 0.29) is 18.1 Å². The van der Waals surface area contributed by atoms with Crippen LogP contribution in [0.2, 0.25) is 0 Å². The molecule has 1 N–H and O–H groups in total. The maximum atomic E-state index is 11.8. The molecule has 2 rings (SSSR count). The molecule has 0 aromatic heterocycles. The van der Waals surface area contributed by atoms with E-state index in [1.807, 2.05) is 0 Å². The fraction of sp³-hybridized carbons (Fsp3) is 0.818. The van der Waals surface area contributed by atoms with Crippen molar-refractivity contribution in [2.24, 2.45) is 11.8 Å². The summed E-state index contributed by atoms with van der Waals surface area (Å²) in [4.78, 5) is 23.2. The molecular formula is C11H16O4. The lowest BCUT2D eigenvalue weighted by Crippen LogP contribution is -2.50. The van der Waals surface area contributed by atoms with Crippen LogP contribution in [-0.2, 0) is 14.3 Å². The molecule has 0 heterocycles. The Morgan fingerprint density at radius 3 is 3.00 bits per heavy atom. The Kier molecular flexibility index (Phi) is 2.54. The zero-order chi connectivity index (χ0) is 11.1. The minimum Gasteiger partial charge on any atom is -0.468 e. The topological polar surface area (TPSA) is 63.6 Å². The minimum absolute atomic E-state index is 0.0163. The third-order valence-corrected chi connectivity index (χ3v) is 3.64. The molecule has 0 amide bonds. The predicted molar refractivity (Wildman–Crippen MR) is 52.0 cm³/mol. The Balaban J connectivity index is 2.20. The average molecular weight is 212 g/mol. The van der Waals surface area contributed by atoms with Crippen LogP contribution in [-0.4, -0.2) is 29.6 Å². The molecule has 84 valence electrons. The fourth-order valence-electron chi connectivity index (χ4n) is 2.98. The van der Waals surface area contributed by atoms with Crippen LogP contribution in [0.4, 0.5) is 0 Å². The van der Waals surface area contributed by atoms with Crippen LogP contribution in [0.5, 0.6) is 0 Å². The van der Waals surface area contributed by atoms with Gasteiger partial charge in [-0.15, -0.1) is 0 Å². The number of fused-ring (bicyclic) bond motifs is 2. The third kappa shape index (κ3) is 1.78. The zero-order valence-electron chi connectivity index (χ0n) is 8.86. The first kappa shape index (κ1) is 10.6. The van der Waals surface area contributed by atoms with Crippen molar-refractivity contribution in [3.05, 3.63) is 0 Å². The van der Waals surface area contributed by atoms with Crippen molar-refractivity contribution in [3.8, 4) is 0 Å². The number of carbonyl (C=O) groups excluding carboxylic acids is 2. The number of aliphatic hydroxyl groups is 1. The molecular weight excluding hydrogens is 196 g/mol. The molecule has 4 heteroatoms. The number of ketones is 1. The number of methoxy groups -OCH3 is 1. The van der Waals surface area contributed by atoms with Gasteiger partial charge in [-0.05, 0) is 25.2 Å². The van der Waals surface area contributed by atoms with Crippen LogP contribution < -0.4 is 0 Å². The van der Waals surface area contributed by atoms with Gasteiger partial charge in [-0.1, -0.05) is 6.42 Å². The second kappa shape index (κ2) is 3.59. The lowest BCUT2D eigenvalue weighted by atomic mass is 9.64. The first-order chi connectivity index (χ1) is 7.06. The highest BCUT2D eigenvalue weighted by Crippen LogP contribution is 2.44. The van der Waals surface area contributed by atoms with Gasteiger partial charge in [0.2, 0.25) is 0 Å². The van der Waals surface area contributed by atoms with Crippen LogP contribution in [0.3, 0.4) is 0 Å². The van der Waals surface area contributed by atoms with E-state index in [1.165, 1.54) is 7.11 Å². The van der Waals surface area contributed by atoms with Gasteiger partial charge in [-0.3, -0.25) is 9.59 Å². The Hall–Kier alpha value is -0.900. The molecule has 15 heavy (non-hydrogen) atoms. The third-order valence-electron chi connectivity index (χ3n) is 3.64. The second-order valence-electron chi connectivity index (χ2n) is 4.72. The second-order valence-corrected chi connectivity index (χ2v) is 4.72. The van der Waals surface area contributed by atoms with Gasteiger partial charge in [0.05, 0.1) is 12.7 Å². The SMILES string of the molecule is COC(=O)C1C(=O)CC2(O)CCCC1C2. The summed E-state index contributed by atoms with van der Waals surface area (Å²) in [5.74, 6) is -1.23. The summed E-state index contributed by atoms with van der Waals surface area (Å²) in [5.41, 5.74) is -0.843. The quantitative estimate of drug-likeness (QED) is 0.512. The molecule has 3 atom stereocenters. The number of rotatable bonds is 1. The van der Waals surface area contributed by atoms with E-state index >= 15 is 0 Å². The van der Waals surface area contributed by atoms with Crippen LogP contribution >= 0.6 is 0 Å². The van der Waals surface area contributed by atoms with E-state index in [1.54, 1.807) is 0 Å². The molecule has 2 bridgehead atoms. The summed E-state index contributed by atoms with van der Waals surface area (Å²) >= 11 is 0. The van der Waals surface area contributed by atoms with Gasteiger partial charge >= 0.3 is 5.97 Å². The number of esters is 1. The molecule has 0 spiro atoms. The van der Waals surface area contributed by atoms with Crippen LogP contribution in [0, 0.1) is 11.8 Å². The van der Waals surface area contributed by atoms with E-state index in [0.29, 0.717) is 12.8 Å². The zero-order valence-corrected chi connectivity index (χ0v) is 8.86. The molecule has 0 aliphatic heterocycles. The van der Waals surface area contributed by atoms with Crippen molar-refractivity contribution >= 4 is 11.8 Å². The van der Waals surface area contributed by atoms with Crippen LogP contribution in [0.25, 0.3) is 0 Å². The number of hydrogen-bond acceptors (Lipinski definition) is 4. The van der Waals surface area contributed by atoms with E-state index in [4.69, 9.17) is 0 Å². The predicted octanol–water partition coefficient (Wildman–Crippen LogP) is 0.670. The maximum Gasteiger partial charge on any atom is 0.316 e. The van der Waals surface area contributed by atoms with Crippen LogP contribution in [0.1, 0.15) is 32.1 Å². The Labute approximate surface area is 88.6 Å². The normalized spacial score (nSPS) is 40.0. The van der Waals surface area contributed by atoms with Gasteiger partial charge < -0.3 is 9.84 Å². The summed E-state index contributed by atoms with van der Waals surface area (Å²) in [5, 5.41) is 10.1. The fourth-order valence-corrected chi connectivity index (χ4v) is 2.98. The standard InChI is InChI=1S/C11H16O4/c1-15-10(13)9-7-3-2-4-11(14,5-7)6-8(9)12/h7,9,14H,2-6H2,1H3. The van der Waals surface area contributed by atoms with E-state index in [2.05, 4.69) is 4.74 Å². The van der Waals surface area contributed by atoms with E-state index < -0.39 is 17.5 Å². The highest BCUT2D eigenvalue weighted by Gasteiger charge is 2.49. The molecule has 4 nitrogen and oxygen atoms in total. The van der Waals surface area contributed by atoms with Crippen molar-refractivity contribution in [1.29, 1.82) is 0 Å². The number of hydrogen-bond donors (Lipinski definition) is 1. The Morgan fingerprint density at radius 1 is 1.60 bits per heavy atom. The lowest BCUT2D eigenvalue weighted by molar-refractivity contribution is -0.161. The van der Waals surface area contributed by atoms with Gasteiger partial charge in [-0.2, -0.15) is 0 Å². The van der Waals surface area contributed by atoms with Gasteiger partial charge in [0, 0.05) is 6.42 Å². The monoisotopic (exact) mass is 212 g/mol. The van der Waals surface area contributed by atoms with E-state index in [0.717, 1.165) is 12.8 Å². The van der Waals surface area contributed by atoms with E-state index in [9.17, 15) is 14.7 Å². The van der Waals surface area contributed by atoms with Crippen molar-refractivity contribution < 1.29 is 19.4 Å². The minimum atomic E-state index is -0.843. The number of carbonyl (C=O) groups is 2. The van der Waals surface area contributed by atoms with Crippen molar-refractivity contribution in [2.75, 3.05) is 7.11 Å². The first-order valence-electron chi connectivity index (χ1n) is 5.39. The summed E-state index contributed by atoms with van der Waals surface area (Å²) in [6, 6.07) is 0. The van der Waals surface area contributed by atoms with Crippen LogP contribution in [0.15, 0.2) is 0 Å². The van der Waals surface area contributed by atoms with Crippen molar-refractivity contribution in [1.82, 2.24) is 0 Å². The smallest absolute Gasteiger partial charge is 0.316 e. The molecule has 2 aliphatic rings. The van der Waals surface area contributed by atoms with Gasteiger partial charge in [0.25, 0.3) is 0 Å². The molecule has 0 aromatic carbocycles. The summed E-state index contributed by atoms with van der Waals surface area (Å²) in [6.07, 6.45) is 3.10.